The van der Waals surface area contributed by atoms with Crippen molar-refractivity contribution in [3.63, 3.8) is 0 Å². The van der Waals surface area contributed by atoms with E-state index >= 15 is 0 Å². The molecule has 2 heterocycles. The van der Waals surface area contributed by atoms with E-state index < -0.39 is 0 Å². The van der Waals surface area contributed by atoms with Gasteiger partial charge < -0.3 is 4.98 Å². The fourth-order valence-electron chi connectivity index (χ4n) is 2.94. The quantitative estimate of drug-likeness (QED) is 0.829. The molecule has 1 saturated heterocycles. The molecule has 0 aliphatic carbocycles. The number of rotatable bonds is 2. The summed E-state index contributed by atoms with van der Waals surface area (Å²) in [5, 5.41) is 1.29. The Morgan fingerprint density at radius 1 is 1.41 bits per heavy atom. The first kappa shape index (κ1) is 10.6. The van der Waals surface area contributed by atoms with Gasteiger partial charge in [-0.2, -0.15) is 0 Å². The Balaban J connectivity index is 2.18. The van der Waals surface area contributed by atoms with Crippen molar-refractivity contribution < 1.29 is 0 Å². The van der Waals surface area contributed by atoms with Gasteiger partial charge in [-0.05, 0) is 32.5 Å². The summed E-state index contributed by atoms with van der Waals surface area (Å²) in [5.74, 6) is 0. The van der Waals surface area contributed by atoms with Crippen LogP contribution in [0.25, 0.3) is 17.0 Å². The highest BCUT2D eigenvalue weighted by molar-refractivity contribution is 5.90. The molecule has 1 atom stereocenters. The summed E-state index contributed by atoms with van der Waals surface area (Å²) in [6, 6.07) is 9.00. The molecule has 1 aliphatic heterocycles. The first-order chi connectivity index (χ1) is 8.31. The summed E-state index contributed by atoms with van der Waals surface area (Å²) in [4.78, 5) is 6.00. The van der Waals surface area contributed by atoms with Crippen molar-refractivity contribution in [1.82, 2.24) is 9.88 Å². The van der Waals surface area contributed by atoms with E-state index in [0.717, 1.165) is 0 Å². The SMILES string of the molecule is C=Cc1c(C2CCCN2C)[nH]c2ccccc12. The highest BCUT2D eigenvalue weighted by Crippen LogP contribution is 2.35. The van der Waals surface area contributed by atoms with Crippen molar-refractivity contribution >= 4 is 17.0 Å². The highest BCUT2D eigenvalue weighted by Gasteiger charge is 2.26. The summed E-state index contributed by atoms with van der Waals surface area (Å²) in [6.07, 6.45) is 4.51. The van der Waals surface area contributed by atoms with Crippen molar-refractivity contribution in [2.75, 3.05) is 13.6 Å². The zero-order valence-electron chi connectivity index (χ0n) is 10.2. The first-order valence-electron chi connectivity index (χ1n) is 6.24. The van der Waals surface area contributed by atoms with Crippen LogP contribution in [0.1, 0.15) is 30.1 Å². The average Bonchev–Trinajstić information content (AvgIpc) is 2.91. The Labute approximate surface area is 102 Å². The zero-order valence-corrected chi connectivity index (χ0v) is 10.2. The molecule has 1 aromatic carbocycles. The third-order valence-corrected chi connectivity index (χ3v) is 3.83. The van der Waals surface area contributed by atoms with Gasteiger partial charge in [0.25, 0.3) is 0 Å². The van der Waals surface area contributed by atoms with Crippen LogP contribution in [0.5, 0.6) is 0 Å². The number of aromatic amines is 1. The lowest BCUT2D eigenvalue weighted by molar-refractivity contribution is 0.313. The molecule has 1 aliphatic rings. The molecule has 2 nitrogen and oxygen atoms in total. The van der Waals surface area contributed by atoms with Crippen LogP contribution < -0.4 is 0 Å². The molecular formula is C15H18N2. The fourth-order valence-corrected chi connectivity index (χ4v) is 2.94. The second kappa shape index (κ2) is 4.04. The van der Waals surface area contributed by atoms with Gasteiger partial charge in [-0.3, -0.25) is 4.90 Å². The molecule has 2 heteroatoms. The molecule has 1 fully saturated rings. The van der Waals surface area contributed by atoms with Gasteiger partial charge in [0, 0.05) is 22.2 Å². The Hall–Kier alpha value is -1.54. The van der Waals surface area contributed by atoms with E-state index in [1.54, 1.807) is 0 Å². The molecule has 2 aromatic rings. The van der Waals surface area contributed by atoms with Gasteiger partial charge in [-0.15, -0.1) is 0 Å². The van der Waals surface area contributed by atoms with Gasteiger partial charge in [-0.25, -0.2) is 0 Å². The number of nitrogens with zero attached hydrogens (tertiary/aromatic N) is 1. The molecule has 0 radical (unpaired) electrons. The van der Waals surface area contributed by atoms with E-state index in [1.165, 1.54) is 41.5 Å². The lowest BCUT2D eigenvalue weighted by Gasteiger charge is -2.19. The van der Waals surface area contributed by atoms with Crippen molar-refractivity contribution in [2.45, 2.75) is 18.9 Å². The molecule has 88 valence electrons. The number of hydrogen-bond acceptors (Lipinski definition) is 1. The third-order valence-electron chi connectivity index (χ3n) is 3.83. The minimum atomic E-state index is 0.524. The van der Waals surface area contributed by atoms with Crippen molar-refractivity contribution in [1.29, 1.82) is 0 Å². The van der Waals surface area contributed by atoms with Gasteiger partial charge >= 0.3 is 0 Å². The van der Waals surface area contributed by atoms with E-state index in [2.05, 4.69) is 47.8 Å². The molecule has 3 rings (SSSR count). The Morgan fingerprint density at radius 3 is 2.94 bits per heavy atom. The molecule has 0 amide bonds. The van der Waals surface area contributed by atoms with Gasteiger partial charge in [0.1, 0.15) is 0 Å². The summed E-state index contributed by atoms with van der Waals surface area (Å²) >= 11 is 0. The molecule has 1 aromatic heterocycles. The van der Waals surface area contributed by atoms with E-state index in [4.69, 9.17) is 0 Å². The van der Waals surface area contributed by atoms with Gasteiger partial charge in [-0.1, -0.05) is 30.9 Å². The normalized spacial score (nSPS) is 21.1. The second-order valence-electron chi connectivity index (χ2n) is 4.84. The molecule has 0 spiro atoms. The number of nitrogens with one attached hydrogen (secondary N) is 1. The standard InChI is InChI=1S/C15H18N2/c1-3-11-12-7-4-5-8-13(12)16-15(11)14-9-6-10-17(14)2/h3-5,7-8,14,16H,1,6,9-10H2,2H3. The number of para-hydroxylation sites is 1. The molecule has 1 unspecified atom stereocenters. The first-order valence-corrected chi connectivity index (χ1v) is 6.24. The van der Waals surface area contributed by atoms with Crippen LogP contribution in [0.4, 0.5) is 0 Å². The van der Waals surface area contributed by atoms with E-state index in [9.17, 15) is 0 Å². The predicted molar refractivity (Wildman–Crippen MR) is 73.0 cm³/mol. The lowest BCUT2D eigenvalue weighted by atomic mass is 10.0. The number of benzene rings is 1. The van der Waals surface area contributed by atoms with Crippen molar-refractivity contribution in [3.8, 4) is 0 Å². The van der Waals surface area contributed by atoms with E-state index in [-0.39, 0.29) is 0 Å². The average molecular weight is 226 g/mol. The van der Waals surface area contributed by atoms with Crippen LogP contribution in [0.2, 0.25) is 0 Å². The summed E-state index contributed by atoms with van der Waals surface area (Å²) < 4.78 is 0. The van der Waals surface area contributed by atoms with Crippen LogP contribution in [-0.2, 0) is 0 Å². The molecule has 0 saturated carbocycles. The number of H-pyrrole nitrogens is 1. The lowest BCUT2D eigenvalue weighted by Crippen LogP contribution is -2.18. The van der Waals surface area contributed by atoms with Crippen molar-refractivity contribution in [3.05, 3.63) is 42.1 Å². The number of hydrogen-bond donors (Lipinski definition) is 1. The topological polar surface area (TPSA) is 19.0 Å². The monoisotopic (exact) mass is 226 g/mol. The van der Waals surface area contributed by atoms with Gasteiger partial charge in [0.15, 0.2) is 0 Å². The minimum Gasteiger partial charge on any atom is -0.357 e. The predicted octanol–water partition coefficient (Wildman–Crippen LogP) is 3.58. The van der Waals surface area contributed by atoms with E-state index in [1.807, 2.05) is 6.08 Å². The molecule has 0 bridgehead atoms. The molecule has 1 N–H and O–H groups in total. The Bertz CT molecular complexity index is 553. The fraction of sp³-hybridized carbons (Fsp3) is 0.333. The Kier molecular flexibility index (Phi) is 2.52. The van der Waals surface area contributed by atoms with Crippen LogP contribution in [0, 0.1) is 0 Å². The summed E-state index contributed by atoms with van der Waals surface area (Å²) in [5.41, 5.74) is 3.83. The van der Waals surface area contributed by atoms with Crippen LogP contribution in [0.15, 0.2) is 30.8 Å². The van der Waals surface area contributed by atoms with Gasteiger partial charge in [0.2, 0.25) is 0 Å². The third kappa shape index (κ3) is 1.60. The van der Waals surface area contributed by atoms with Crippen LogP contribution in [0.3, 0.4) is 0 Å². The largest absolute Gasteiger partial charge is 0.357 e. The number of fused-ring (bicyclic) bond motifs is 1. The highest BCUT2D eigenvalue weighted by atomic mass is 15.2. The number of likely N-dealkylation sites (tertiary alicyclic amines) is 1. The second-order valence-corrected chi connectivity index (χ2v) is 4.84. The maximum Gasteiger partial charge on any atom is 0.0502 e. The smallest absolute Gasteiger partial charge is 0.0502 e. The maximum absolute atomic E-state index is 3.97. The molecule has 17 heavy (non-hydrogen) atoms. The zero-order chi connectivity index (χ0) is 11.8. The van der Waals surface area contributed by atoms with Crippen LogP contribution >= 0.6 is 0 Å². The Morgan fingerprint density at radius 2 is 2.24 bits per heavy atom. The molecular weight excluding hydrogens is 208 g/mol. The number of aromatic nitrogens is 1. The van der Waals surface area contributed by atoms with E-state index in [0.29, 0.717) is 6.04 Å². The maximum atomic E-state index is 3.97. The minimum absolute atomic E-state index is 0.524. The van der Waals surface area contributed by atoms with Crippen LogP contribution in [-0.4, -0.2) is 23.5 Å². The summed E-state index contributed by atoms with van der Waals surface area (Å²) in [6.45, 7) is 5.16. The van der Waals surface area contributed by atoms with Crippen molar-refractivity contribution in [2.24, 2.45) is 0 Å². The van der Waals surface area contributed by atoms with Gasteiger partial charge in [0.05, 0.1) is 6.04 Å². The summed E-state index contributed by atoms with van der Waals surface area (Å²) in [7, 11) is 2.20.